The van der Waals surface area contributed by atoms with Gasteiger partial charge in [-0.2, -0.15) is 11.8 Å². The quantitative estimate of drug-likeness (QED) is 0.381. The number of rotatable bonds is 8. The van der Waals surface area contributed by atoms with E-state index in [-0.39, 0.29) is 47.5 Å². The van der Waals surface area contributed by atoms with Crippen LogP contribution in [0.2, 0.25) is 0 Å². The van der Waals surface area contributed by atoms with Crippen molar-refractivity contribution < 1.29 is 23.9 Å². The summed E-state index contributed by atoms with van der Waals surface area (Å²) in [5.41, 5.74) is 1.63. The molecule has 2 unspecified atom stereocenters. The fourth-order valence-corrected chi connectivity index (χ4v) is 7.67. The fraction of sp³-hybridized carbons (Fsp3) is 0.654. The normalized spacial score (nSPS) is 30.6. The number of ether oxygens (including phenoxy) is 2. The molecule has 37 heavy (non-hydrogen) atoms. The van der Waals surface area contributed by atoms with Gasteiger partial charge in [-0.05, 0) is 43.9 Å². The average Bonchev–Trinajstić information content (AvgIpc) is 3.40. The zero-order valence-corrected chi connectivity index (χ0v) is 22.3. The van der Waals surface area contributed by atoms with Gasteiger partial charge in [-0.3, -0.25) is 15.0 Å². The number of hydrogen-bond acceptors (Lipinski definition) is 7. The average molecular weight is 532 g/mol. The van der Waals surface area contributed by atoms with Gasteiger partial charge < -0.3 is 25.4 Å². The zero-order chi connectivity index (χ0) is 25.9. The number of anilines is 1. The number of nitrogens with one attached hydrogen (secondary N) is 4. The van der Waals surface area contributed by atoms with Crippen LogP contribution in [0.5, 0.6) is 5.75 Å². The first kappa shape index (κ1) is 26.0. The summed E-state index contributed by atoms with van der Waals surface area (Å²) in [6, 6.07) is 6.38. The molecule has 0 radical (unpaired) electrons. The zero-order valence-electron chi connectivity index (χ0n) is 21.5. The molecule has 4 amide bonds. The number of aryl methyl sites for hydroxylation is 1. The number of nitrogens with zero attached hydrogens (tertiary/aromatic N) is 1. The summed E-state index contributed by atoms with van der Waals surface area (Å²) in [7, 11) is 1.58. The number of thioether (sulfide) groups is 1. The highest BCUT2D eigenvalue weighted by atomic mass is 32.2. The first-order valence-electron chi connectivity index (χ1n) is 13.2. The smallest absolute Gasteiger partial charge is 0.412 e. The maximum absolute atomic E-state index is 12.7. The van der Waals surface area contributed by atoms with Gasteiger partial charge in [0.2, 0.25) is 5.91 Å². The molecule has 202 valence electrons. The van der Waals surface area contributed by atoms with Gasteiger partial charge in [0.15, 0.2) is 0 Å². The minimum Gasteiger partial charge on any atom is -0.495 e. The van der Waals surface area contributed by atoms with Crippen molar-refractivity contribution in [2.45, 2.75) is 87.4 Å². The third-order valence-corrected chi connectivity index (χ3v) is 9.51. The Morgan fingerprint density at radius 2 is 1.97 bits per heavy atom. The van der Waals surface area contributed by atoms with E-state index in [1.807, 2.05) is 36.9 Å². The third-order valence-electron chi connectivity index (χ3n) is 8.00. The Labute approximate surface area is 222 Å². The van der Waals surface area contributed by atoms with Gasteiger partial charge in [-0.1, -0.05) is 12.5 Å². The molecule has 0 spiro atoms. The number of urea groups is 1. The van der Waals surface area contributed by atoms with Crippen LogP contribution < -0.4 is 26.0 Å². The summed E-state index contributed by atoms with van der Waals surface area (Å²) < 4.78 is 11.2. The van der Waals surface area contributed by atoms with E-state index >= 15 is 0 Å². The van der Waals surface area contributed by atoms with Crippen LogP contribution in [0.1, 0.15) is 50.5 Å². The van der Waals surface area contributed by atoms with Crippen LogP contribution in [0.15, 0.2) is 18.2 Å². The molecule has 2 bridgehead atoms. The van der Waals surface area contributed by atoms with Crippen molar-refractivity contribution in [1.82, 2.24) is 20.9 Å². The lowest BCUT2D eigenvalue weighted by Gasteiger charge is -2.48. The molecule has 0 aromatic heterocycles. The first-order valence-corrected chi connectivity index (χ1v) is 14.3. The first-order chi connectivity index (χ1) is 17.9. The molecular weight excluding hydrogens is 494 g/mol. The summed E-state index contributed by atoms with van der Waals surface area (Å²) in [6.45, 7) is 2.48. The Balaban J connectivity index is 1.07. The van der Waals surface area contributed by atoms with E-state index < -0.39 is 6.09 Å². The van der Waals surface area contributed by atoms with Crippen molar-refractivity contribution in [3.63, 3.8) is 0 Å². The lowest BCUT2D eigenvalue weighted by molar-refractivity contribution is -0.123. The van der Waals surface area contributed by atoms with Crippen LogP contribution in [0.4, 0.5) is 15.3 Å². The molecule has 0 saturated carbocycles. The van der Waals surface area contributed by atoms with Crippen molar-refractivity contribution in [1.29, 1.82) is 0 Å². The molecule has 1 aromatic rings. The molecular formula is C26H37N5O5S. The Morgan fingerprint density at radius 1 is 1.19 bits per heavy atom. The van der Waals surface area contributed by atoms with Crippen molar-refractivity contribution in [3.8, 4) is 5.75 Å². The van der Waals surface area contributed by atoms with Gasteiger partial charge in [-0.15, -0.1) is 0 Å². The largest absolute Gasteiger partial charge is 0.495 e. The number of piperidine rings is 2. The Bertz CT molecular complexity index is 1010. The lowest BCUT2D eigenvalue weighted by atomic mass is 9.83. The van der Waals surface area contributed by atoms with E-state index in [4.69, 9.17) is 9.47 Å². The van der Waals surface area contributed by atoms with Crippen LogP contribution >= 0.6 is 11.8 Å². The van der Waals surface area contributed by atoms with Crippen molar-refractivity contribution in [3.05, 3.63) is 23.8 Å². The van der Waals surface area contributed by atoms with Gasteiger partial charge in [-0.25, -0.2) is 9.59 Å². The summed E-state index contributed by atoms with van der Waals surface area (Å²) >= 11 is 1.82. The van der Waals surface area contributed by atoms with Crippen molar-refractivity contribution in [2.24, 2.45) is 0 Å². The number of fused-ring (bicyclic) bond motifs is 3. The molecule has 4 aliphatic rings. The molecule has 4 fully saturated rings. The van der Waals surface area contributed by atoms with E-state index in [1.54, 1.807) is 7.11 Å². The monoisotopic (exact) mass is 531 g/mol. The second-order valence-corrected chi connectivity index (χ2v) is 11.8. The molecule has 5 rings (SSSR count). The predicted molar refractivity (Wildman–Crippen MR) is 142 cm³/mol. The highest BCUT2D eigenvalue weighted by Crippen LogP contribution is 2.36. The minimum absolute atomic E-state index is 0.0456. The summed E-state index contributed by atoms with van der Waals surface area (Å²) in [5.74, 6) is 1.54. The fourth-order valence-electron chi connectivity index (χ4n) is 6.18. The van der Waals surface area contributed by atoms with Crippen molar-refractivity contribution in [2.75, 3.05) is 24.8 Å². The van der Waals surface area contributed by atoms with E-state index in [1.165, 1.54) is 0 Å². The second kappa shape index (κ2) is 11.4. The molecule has 0 aliphatic carbocycles. The van der Waals surface area contributed by atoms with Gasteiger partial charge in [0.1, 0.15) is 11.9 Å². The number of benzene rings is 1. The van der Waals surface area contributed by atoms with E-state index in [0.717, 1.165) is 49.8 Å². The van der Waals surface area contributed by atoms with E-state index in [0.29, 0.717) is 24.5 Å². The topological polar surface area (TPSA) is 121 Å². The van der Waals surface area contributed by atoms with Crippen LogP contribution in [0.25, 0.3) is 0 Å². The Morgan fingerprint density at radius 3 is 2.73 bits per heavy atom. The van der Waals surface area contributed by atoms with Gasteiger partial charge in [0.05, 0.1) is 31.5 Å². The Kier molecular flexibility index (Phi) is 7.99. The number of carbonyl (C=O) groups excluding carboxylic acids is 3. The standard InChI is InChI=1S/C26H37N5O5S/c1-15-6-7-21(35-2)19(10-15)29-26(34)36-18-11-16-4-3-5-17(12-18)31(16)14-27-23(32)9-8-22-24-20(13-37-22)28-25(33)30-24/h6-7,10,16-18,20,22,24H,3-5,8-9,11-14H2,1-2H3,(H,27,32)(H,29,34)(H2,28,30,33)/t16?,17?,18?,20-,22-,24-/m1/s1. The maximum Gasteiger partial charge on any atom is 0.412 e. The predicted octanol–water partition coefficient (Wildman–Crippen LogP) is 2.96. The van der Waals surface area contributed by atoms with E-state index in [9.17, 15) is 14.4 Å². The Hall–Kier alpha value is -2.66. The number of methoxy groups -OCH3 is 1. The number of carbonyl (C=O) groups is 3. The number of amides is 4. The highest BCUT2D eigenvalue weighted by Gasteiger charge is 2.43. The van der Waals surface area contributed by atoms with Crippen LogP contribution in [0.3, 0.4) is 0 Å². The molecule has 4 aliphatic heterocycles. The van der Waals surface area contributed by atoms with Crippen LogP contribution in [-0.2, 0) is 9.53 Å². The van der Waals surface area contributed by atoms with E-state index in [2.05, 4.69) is 26.2 Å². The maximum atomic E-state index is 12.7. The molecule has 4 N–H and O–H groups in total. The summed E-state index contributed by atoms with van der Waals surface area (Å²) in [5, 5.41) is 12.1. The van der Waals surface area contributed by atoms with Crippen LogP contribution in [-0.4, -0.2) is 78.0 Å². The highest BCUT2D eigenvalue weighted by molar-refractivity contribution is 8.00. The number of hydrogen-bond donors (Lipinski definition) is 4. The van der Waals surface area contributed by atoms with Crippen molar-refractivity contribution >= 4 is 35.5 Å². The molecule has 5 atom stereocenters. The van der Waals surface area contributed by atoms with Gasteiger partial charge in [0.25, 0.3) is 0 Å². The molecule has 1 aromatic carbocycles. The van der Waals surface area contributed by atoms with Gasteiger partial charge in [0, 0.05) is 42.3 Å². The third kappa shape index (κ3) is 6.09. The molecule has 4 saturated heterocycles. The molecule has 10 nitrogen and oxygen atoms in total. The molecule has 11 heteroatoms. The molecule has 4 heterocycles. The minimum atomic E-state index is -0.464. The second-order valence-electron chi connectivity index (χ2n) is 10.5. The lowest BCUT2D eigenvalue weighted by Crippen LogP contribution is -2.57. The van der Waals surface area contributed by atoms with Crippen LogP contribution in [0, 0.1) is 6.92 Å². The SMILES string of the molecule is COc1ccc(C)cc1NC(=O)OC1CC2CCCC(C1)N2CNC(=O)CC[C@H]1SC[C@H]2NC(=O)N[C@H]21. The summed E-state index contributed by atoms with van der Waals surface area (Å²) in [4.78, 5) is 39.2. The summed E-state index contributed by atoms with van der Waals surface area (Å²) in [6.07, 6.45) is 5.34. The van der Waals surface area contributed by atoms with Gasteiger partial charge >= 0.3 is 12.1 Å².